The van der Waals surface area contributed by atoms with E-state index in [1.54, 1.807) is 36.7 Å². The molecule has 0 saturated heterocycles. The van der Waals surface area contributed by atoms with Crippen molar-refractivity contribution in [1.29, 1.82) is 0 Å². The maximum absolute atomic E-state index is 10.4. The molecule has 4 heteroatoms. The normalized spacial score (nSPS) is 30.2. The van der Waals surface area contributed by atoms with Crippen molar-refractivity contribution in [2.24, 2.45) is 0 Å². The molecular formula is C14H12ClNO2. The number of hydrogen-bond acceptors (Lipinski definition) is 3. The molecule has 1 aliphatic rings. The first kappa shape index (κ1) is 11.7. The van der Waals surface area contributed by atoms with Crippen LogP contribution in [0, 0.1) is 0 Å². The first-order valence-corrected chi connectivity index (χ1v) is 6.08. The molecule has 18 heavy (non-hydrogen) atoms. The number of alkyl halides is 1. The highest BCUT2D eigenvalue weighted by Gasteiger charge is 2.52. The number of pyridine rings is 1. The molecule has 0 saturated carbocycles. The van der Waals surface area contributed by atoms with Crippen molar-refractivity contribution in [3.63, 3.8) is 0 Å². The third-order valence-electron chi connectivity index (χ3n) is 3.49. The molecule has 0 radical (unpaired) electrons. The number of hydrogen-bond donors (Lipinski definition) is 2. The van der Waals surface area contributed by atoms with E-state index in [0.29, 0.717) is 16.7 Å². The van der Waals surface area contributed by atoms with Crippen LogP contribution in [0.3, 0.4) is 0 Å². The number of rotatable bonds is 1. The van der Waals surface area contributed by atoms with Crippen LogP contribution in [0.25, 0.3) is 0 Å². The van der Waals surface area contributed by atoms with Crippen LogP contribution >= 0.6 is 11.6 Å². The largest absolute Gasteiger partial charge is 0.386 e. The van der Waals surface area contributed by atoms with E-state index in [9.17, 15) is 10.2 Å². The topological polar surface area (TPSA) is 53.4 Å². The fourth-order valence-electron chi connectivity index (χ4n) is 2.52. The molecule has 92 valence electrons. The molecule has 1 aromatic heterocycles. The Balaban J connectivity index is 2.16. The van der Waals surface area contributed by atoms with E-state index in [2.05, 4.69) is 4.98 Å². The van der Waals surface area contributed by atoms with Gasteiger partial charge in [0.1, 0.15) is 17.1 Å². The lowest BCUT2D eigenvalue weighted by molar-refractivity contribution is 0.0524. The van der Waals surface area contributed by atoms with Crippen molar-refractivity contribution in [2.45, 2.75) is 17.1 Å². The molecule has 0 aliphatic heterocycles. The maximum atomic E-state index is 10.4. The molecule has 1 aliphatic carbocycles. The summed E-state index contributed by atoms with van der Waals surface area (Å²) in [5.41, 5.74) is 1.95. The first-order chi connectivity index (χ1) is 8.65. The van der Waals surface area contributed by atoms with Gasteiger partial charge in [0.2, 0.25) is 0 Å². The van der Waals surface area contributed by atoms with E-state index >= 15 is 0 Å². The standard InChI is InChI=1S/C14H12ClNO2/c15-14(9-4-3-7-16-8-9)12(17)10-5-1-2-6-11(10)13(14)18/h1-8,12-13,17-18H. The Morgan fingerprint density at radius 2 is 1.61 bits per heavy atom. The van der Waals surface area contributed by atoms with Crippen LogP contribution in [0.1, 0.15) is 28.9 Å². The van der Waals surface area contributed by atoms with Gasteiger partial charge in [-0.1, -0.05) is 30.3 Å². The molecule has 0 fully saturated rings. The highest BCUT2D eigenvalue weighted by Crippen LogP contribution is 2.56. The Hall–Kier alpha value is -1.42. The average Bonchev–Trinajstić information content (AvgIpc) is 2.64. The molecule has 0 spiro atoms. The number of halogens is 1. The van der Waals surface area contributed by atoms with Gasteiger partial charge in [-0.2, -0.15) is 0 Å². The van der Waals surface area contributed by atoms with Gasteiger partial charge >= 0.3 is 0 Å². The molecule has 1 aromatic carbocycles. The quantitative estimate of drug-likeness (QED) is 0.775. The molecule has 1 heterocycles. The van der Waals surface area contributed by atoms with Gasteiger partial charge in [-0.3, -0.25) is 4.98 Å². The lowest BCUT2D eigenvalue weighted by Crippen LogP contribution is -2.28. The second kappa shape index (κ2) is 4.05. The Morgan fingerprint density at radius 1 is 1.00 bits per heavy atom. The summed E-state index contributed by atoms with van der Waals surface area (Å²) in [4.78, 5) is 2.73. The molecule has 2 aromatic rings. The van der Waals surface area contributed by atoms with Crippen LogP contribution in [0.5, 0.6) is 0 Å². The van der Waals surface area contributed by atoms with Crippen LogP contribution in [0.2, 0.25) is 0 Å². The molecule has 2 N–H and O–H groups in total. The summed E-state index contributed by atoms with van der Waals surface area (Å²) >= 11 is 6.52. The van der Waals surface area contributed by atoms with Crippen molar-refractivity contribution in [1.82, 2.24) is 4.98 Å². The average molecular weight is 262 g/mol. The third-order valence-corrected chi connectivity index (χ3v) is 4.12. The van der Waals surface area contributed by atoms with Crippen molar-refractivity contribution >= 4 is 11.6 Å². The summed E-state index contributed by atoms with van der Waals surface area (Å²) in [6.07, 6.45) is 1.31. The fourth-order valence-corrected chi connectivity index (χ4v) is 2.86. The number of aromatic nitrogens is 1. The van der Waals surface area contributed by atoms with E-state index in [1.165, 1.54) is 0 Å². The first-order valence-electron chi connectivity index (χ1n) is 5.70. The Bertz CT molecular complexity index is 544. The monoisotopic (exact) mass is 261 g/mol. The van der Waals surface area contributed by atoms with E-state index in [4.69, 9.17) is 11.6 Å². The van der Waals surface area contributed by atoms with Crippen LogP contribution in [-0.4, -0.2) is 15.2 Å². The van der Waals surface area contributed by atoms with Crippen LogP contribution in [-0.2, 0) is 4.87 Å². The van der Waals surface area contributed by atoms with Crippen LogP contribution in [0.4, 0.5) is 0 Å². The molecule has 3 nitrogen and oxygen atoms in total. The fraction of sp³-hybridized carbons (Fsp3) is 0.214. The van der Waals surface area contributed by atoms with Crippen LogP contribution < -0.4 is 0 Å². The van der Waals surface area contributed by atoms with Crippen molar-refractivity contribution in [3.8, 4) is 0 Å². The molecule has 2 atom stereocenters. The maximum Gasteiger partial charge on any atom is 0.131 e. The minimum absolute atomic E-state index is 0.614. The summed E-state index contributed by atoms with van der Waals surface area (Å²) in [5, 5.41) is 20.8. The highest BCUT2D eigenvalue weighted by molar-refractivity contribution is 6.25. The Morgan fingerprint density at radius 3 is 2.11 bits per heavy atom. The Labute approximate surface area is 110 Å². The van der Waals surface area contributed by atoms with Gasteiger partial charge < -0.3 is 10.2 Å². The lowest BCUT2D eigenvalue weighted by Gasteiger charge is -2.29. The van der Waals surface area contributed by atoms with E-state index in [0.717, 1.165) is 0 Å². The number of fused-ring (bicyclic) bond motifs is 1. The number of aliphatic hydroxyl groups excluding tert-OH is 2. The van der Waals surface area contributed by atoms with Gasteiger partial charge in [0.15, 0.2) is 0 Å². The SMILES string of the molecule is OC1c2ccccc2C(O)C1(Cl)c1cccnc1. The lowest BCUT2D eigenvalue weighted by atomic mass is 9.92. The molecule has 3 rings (SSSR count). The van der Waals surface area contributed by atoms with E-state index in [1.807, 2.05) is 12.1 Å². The second-order valence-corrected chi connectivity index (χ2v) is 5.07. The minimum atomic E-state index is -1.27. The zero-order valence-corrected chi connectivity index (χ0v) is 10.2. The van der Waals surface area contributed by atoms with Gasteiger partial charge in [0.25, 0.3) is 0 Å². The smallest absolute Gasteiger partial charge is 0.131 e. The van der Waals surface area contributed by atoms with Crippen molar-refractivity contribution in [3.05, 3.63) is 65.5 Å². The highest BCUT2D eigenvalue weighted by atomic mass is 35.5. The van der Waals surface area contributed by atoms with Crippen molar-refractivity contribution in [2.75, 3.05) is 0 Å². The van der Waals surface area contributed by atoms with Crippen LogP contribution in [0.15, 0.2) is 48.8 Å². The molecule has 0 amide bonds. The minimum Gasteiger partial charge on any atom is -0.386 e. The number of nitrogens with zero attached hydrogens (tertiary/aromatic N) is 1. The van der Waals surface area contributed by atoms with Gasteiger partial charge in [-0.15, -0.1) is 11.6 Å². The van der Waals surface area contributed by atoms with Gasteiger partial charge in [-0.25, -0.2) is 0 Å². The van der Waals surface area contributed by atoms with E-state index in [-0.39, 0.29) is 0 Å². The van der Waals surface area contributed by atoms with E-state index < -0.39 is 17.1 Å². The second-order valence-electron chi connectivity index (χ2n) is 4.44. The third kappa shape index (κ3) is 1.42. The summed E-state index contributed by atoms with van der Waals surface area (Å²) in [6.45, 7) is 0. The molecular weight excluding hydrogens is 250 g/mol. The zero-order valence-electron chi connectivity index (χ0n) is 9.49. The summed E-state index contributed by atoms with van der Waals surface area (Å²) < 4.78 is 0. The molecule has 0 bridgehead atoms. The van der Waals surface area contributed by atoms with Gasteiger partial charge in [0.05, 0.1) is 0 Å². The Kier molecular flexibility index (Phi) is 2.63. The number of aliphatic hydroxyl groups is 2. The zero-order chi connectivity index (χ0) is 12.8. The van der Waals surface area contributed by atoms with Gasteiger partial charge in [-0.05, 0) is 22.8 Å². The van der Waals surface area contributed by atoms with Gasteiger partial charge in [0, 0.05) is 12.4 Å². The summed E-state index contributed by atoms with van der Waals surface area (Å²) in [5.74, 6) is 0. The predicted octanol–water partition coefficient (Wildman–Crippen LogP) is 2.30. The van der Waals surface area contributed by atoms with Crippen molar-refractivity contribution < 1.29 is 10.2 Å². The summed E-state index contributed by atoms with van der Waals surface area (Å²) in [6, 6.07) is 10.7. The predicted molar refractivity (Wildman–Crippen MR) is 68.1 cm³/mol. The molecule has 2 unspecified atom stereocenters. The summed E-state index contributed by atoms with van der Waals surface area (Å²) in [7, 11) is 0. The number of benzene rings is 1.